The van der Waals surface area contributed by atoms with Crippen LogP contribution in [0.25, 0.3) is 44.4 Å². The lowest BCUT2D eigenvalue weighted by Gasteiger charge is -2.31. The predicted octanol–water partition coefficient (Wildman–Crippen LogP) is 7.32. The lowest BCUT2D eigenvalue weighted by Crippen LogP contribution is -2.15. The van der Waals surface area contributed by atoms with Gasteiger partial charge in [-0.2, -0.15) is 0 Å². The molecule has 0 bridgehead atoms. The second-order valence-electron chi connectivity index (χ2n) is 7.69. The van der Waals surface area contributed by atoms with Crippen LogP contribution in [-0.2, 0) is 0 Å². The molecule has 5 aromatic rings. The van der Waals surface area contributed by atoms with E-state index < -0.39 is 0 Å². The van der Waals surface area contributed by atoms with Crippen LogP contribution < -0.4 is 4.90 Å². The number of pyridine rings is 1. The van der Waals surface area contributed by atoms with Crippen LogP contribution in [0.15, 0.2) is 103 Å². The van der Waals surface area contributed by atoms with E-state index in [-0.39, 0.29) is 0 Å². The van der Waals surface area contributed by atoms with Crippen molar-refractivity contribution in [3.05, 3.63) is 103 Å². The first-order chi connectivity index (χ1) is 14.8. The van der Waals surface area contributed by atoms with Crippen molar-refractivity contribution in [3.8, 4) is 33.6 Å². The summed E-state index contributed by atoms with van der Waals surface area (Å²) in [5.74, 6) is 0. The lowest BCUT2D eigenvalue weighted by molar-refractivity contribution is 1.19. The van der Waals surface area contributed by atoms with Crippen LogP contribution in [0.2, 0.25) is 0 Å². The van der Waals surface area contributed by atoms with Crippen molar-refractivity contribution in [1.29, 1.82) is 0 Å². The van der Waals surface area contributed by atoms with Gasteiger partial charge in [0.15, 0.2) is 0 Å². The Morgan fingerprint density at radius 2 is 1.20 bits per heavy atom. The van der Waals surface area contributed by atoms with Gasteiger partial charge in [0.05, 0.1) is 22.8 Å². The quantitative estimate of drug-likeness (QED) is 0.317. The summed E-state index contributed by atoms with van der Waals surface area (Å²) in [6.45, 7) is 0. The molecule has 2 heteroatoms. The summed E-state index contributed by atoms with van der Waals surface area (Å²) in [6.07, 6.45) is 0. The maximum Gasteiger partial charge on any atom is 0.0830 e. The Kier molecular flexibility index (Phi) is 3.72. The molecule has 4 aromatic carbocycles. The van der Waals surface area contributed by atoms with Crippen molar-refractivity contribution in [3.63, 3.8) is 0 Å². The van der Waals surface area contributed by atoms with Crippen molar-refractivity contribution in [2.24, 2.45) is 0 Å². The van der Waals surface area contributed by atoms with Gasteiger partial charge >= 0.3 is 0 Å². The normalized spacial score (nSPS) is 12.1. The number of aromatic nitrogens is 1. The van der Waals surface area contributed by atoms with E-state index in [1.54, 1.807) is 0 Å². The Labute approximate surface area is 176 Å². The zero-order chi connectivity index (χ0) is 20.1. The fourth-order valence-electron chi connectivity index (χ4n) is 4.62. The van der Waals surface area contributed by atoms with E-state index in [9.17, 15) is 0 Å². The molecule has 0 spiro atoms. The minimum absolute atomic E-state index is 1.03. The van der Waals surface area contributed by atoms with Crippen molar-refractivity contribution < 1.29 is 0 Å². The molecular formula is C28H20N2. The number of anilines is 2. The van der Waals surface area contributed by atoms with Gasteiger partial charge in [0, 0.05) is 29.1 Å². The third kappa shape index (κ3) is 2.40. The summed E-state index contributed by atoms with van der Waals surface area (Å²) >= 11 is 0. The Bertz CT molecular complexity index is 1390. The molecule has 1 aliphatic heterocycles. The molecular weight excluding hydrogens is 364 g/mol. The fourth-order valence-corrected chi connectivity index (χ4v) is 4.62. The van der Waals surface area contributed by atoms with E-state index in [2.05, 4.69) is 115 Å². The summed E-state index contributed by atoms with van der Waals surface area (Å²) in [5, 5.41) is 2.46. The Hall–Kier alpha value is -3.91. The maximum atomic E-state index is 5.33. The average molecular weight is 384 g/mol. The molecule has 142 valence electrons. The largest absolute Gasteiger partial charge is 0.343 e. The van der Waals surface area contributed by atoms with Gasteiger partial charge in [-0.1, -0.05) is 91.0 Å². The average Bonchev–Trinajstić information content (AvgIpc) is 2.83. The van der Waals surface area contributed by atoms with E-state index in [0.29, 0.717) is 0 Å². The zero-order valence-electron chi connectivity index (χ0n) is 16.7. The lowest BCUT2D eigenvalue weighted by atomic mass is 9.88. The van der Waals surface area contributed by atoms with Crippen molar-refractivity contribution in [2.75, 3.05) is 11.9 Å². The van der Waals surface area contributed by atoms with Crippen LogP contribution in [0.1, 0.15) is 0 Å². The summed E-state index contributed by atoms with van der Waals surface area (Å²) in [5.41, 5.74) is 9.18. The van der Waals surface area contributed by atoms with Crippen LogP contribution in [0.3, 0.4) is 0 Å². The highest BCUT2D eigenvalue weighted by atomic mass is 15.1. The monoisotopic (exact) mass is 384 g/mol. The molecule has 2 heterocycles. The van der Waals surface area contributed by atoms with E-state index in [0.717, 1.165) is 17.0 Å². The molecule has 30 heavy (non-hydrogen) atoms. The van der Waals surface area contributed by atoms with Crippen LogP contribution in [0.4, 0.5) is 11.4 Å². The molecule has 0 fully saturated rings. The molecule has 0 radical (unpaired) electrons. The van der Waals surface area contributed by atoms with Crippen molar-refractivity contribution >= 4 is 22.1 Å². The number of nitrogens with zero attached hydrogens (tertiary/aromatic N) is 2. The van der Waals surface area contributed by atoms with E-state index in [4.69, 9.17) is 4.98 Å². The number of fused-ring (bicyclic) bond motifs is 2. The Morgan fingerprint density at radius 3 is 1.97 bits per heavy atom. The van der Waals surface area contributed by atoms with Gasteiger partial charge in [0.25, 0.3) is 0 Å². The highest BCUT2D eigenvalue weighted by Gasteiger charge is 2.26. The van der Waals surface area contributed by atoms with Gasteiger partial charge in [0.1, 0.15) is 0 Å². The van der Waals surface area contributed by atoms with Gasteiger partial charge in [0.2, 0.25) is 0 Å². The predicted molar refractivity (Wildman–Crippen MR) is 126 cm³/mol. The highest BCUT2D eigenvalue weighted by molar-refractivity contribution is 6.16. The molecule has 6 rings (SSSR count). The van der Waals surface area contributed by atoms with Gasteiger partial charge < -0.3 is 4.90 Å². The Balaban J connectivity index is 1.82. The van der Waals surface area contributed by atoms with E-state index in [1.165, 1.54) is 38.8 Å². The number of benzene rings is 4. The highest BCUT2D eigenvalue weighted by Crippen LogP contribution is 2.49. The van der Waals surface area contributed by atoms with Crippen LogP contribution in [0.5, 0.6) is 0 Å². The molecule has 1 aromatic heterocycles. The fraction of sp³-hybridized carbons (Fsp3) is 0.0357. The Morgan fingerprint density at radius 1 is 0.567 bits per heavy atom. The molecule has 0 aliphatic carbocycles. The molecule has 0 saturated heterocycles. The van der Waals surface area contributed by atoms with Crippen molar-refractivity contribution in [1.82, 2.24) is 4.98 Å². The summed E-state index contributed by atoms with van der Waals surface area (Å²) in [6, 6.07) is 36.3. The first-order valence-corrected chi connectivity index (χ1v) is 10.2. The minimum atomic E-state index is 1.03. The SMILES string of the molecule is CN1c2ccccc2-c2nc(-c3ccccc3)c(-c3ccccc3)c3cccc1c23. The standard InChI is InChI=1S/C28H20N2/c1-30-23-17-9-8-15-21(23)28-26-22(16-10-18-24(26)30)25(19-11-4-2-5-12-19)27(29-28)20-13-6-3-7-14-20/h2-18H,1H3. The zero-order valence-corrected chi connectivity index (χ0v) is 16.7. The molecule has 0 amide bonds. The molecule has 0 saturated carbocycles. The van der Waals surface area contributed by atoms with E-state index in [1.807, 2.05) is 0 Å². The summed E-state index contributed by atoms with van der Waals surface area (Å²) < 4.78 is 0. The first kappa shape index (κ1) is 17.0. The van der Waals surface area contributed by atoms with Crippen LogP contribution in [-0.4, -0.2) is 12.0 Å². The van der Waals surface area contributed by atoms with Crippen LogP contribution >= 0.6 is 0 Å². The van der Waals surface area contributed by atoms with Gasteiger partial charge in [-0.3, -0.25) is 0 Å². The van der Waals surface area contributed by atoms with Crippen molar-refractivity contribution in [2.45, 2.75) is 0 Å². The minimum Gasteiger partial charge on any atom is -0.343 e. The van der Waals surface area contributed by atoms with Gasteiger partial charge in [-0.25, -0.2) is 4.98 Å². The summed E-state index contributed by atoms with van der Waals surface area (Å²) in [7, 11) is 2.14. The first-order valence-electron chi connectivity index (χ1n) is 10.2. The second kappa shape index (κ2) is 6.57. The second-order valence-corrected chi connectivity index (χ2v) is 7.69. The number of hydrogen-bond acceptors (Lipinski definition) is 2. The molecule has 0 unspecified atom stereocenters. The van der Waals surface area contributed by atoms with Crippen LogP contribution in [0, 0.1) is 0 Å². The third-order valence-electron chi connectivity index (χ3n) is 6.00. The van der Waals surface area contributed by atoms with E-state index >= 15 is 0 Å². The molecule has 2 nitrogen and oxygen atoms in total. The molecule has 1 aliphatic rings. The number of hydrogen-bond donors (Lipinski definition) is 0. The summed E-state index contributed by atoms with van der Waals surface area (Å²) in [4.78, 5) is 7.61. The third-order valence-corrected chi connectivity index (χ3v) is 6.00. The van der Waals surface area contributed by atoms with Gasteiger partial charge in [-0.15, -0.1) is 0 Å². The molecule has 0 atom stereocenters. The topological polar surface area (TPSA) is 16.1 Å². The smallest absolute Gasteiger partial charge is 0.0830 e. The number of rotatable bonds is 2. The number of para-hydroxylation sites is 1. The van der Waals surface area contributed by atoms with Gasteiger partial charge in [-0.05, 0) is 23.1 Å². The molecule has 0 N–H and O–H groups in total. The maximum absolute atomic E-state index is 5.33.